The van der Waals surface area contributed by atoms with Crippen molar-refractivity contribution in [1.82, 2.24) is 4.57 Å². The molecule has 3 aromatic rings. The minimum absolute atomic E-state index is 0.212. The summed E-state index contributed by atoms with van der Waals surface area (Å²) in [4.78, 5) is 0. The van der Waals surface area contributed by atoms with Crippen LogP contribution in [-0.4, -0.2) is 18.5 Å². The highest BCUT2D eigenvalue weighted by Gasteiger charge is 2.25. The fraction of sp³-hybridized carbons (Fsp3) is 0.182. The first-order chi connectivity index (χ1) is 13.7. The van der Waals surface area contributed by atoms with Gasteiger partial charge in [0.1, 0.15) is 22.9 Å². The second-order valence-corrected chi connectivity index (χ2v) is 6.74. The SMILES string of the molecule is COc1ccccc1-c1cc2n(c(=N)c1C#N)CCc1cc3c(cc1-2)OCO3. The van der Waals surface area contributed by atoms with Crippen molar-refractivity contribution in [3.05, 3.63) is 59.1 Å². The normalized spacial score (nSPS) is 13.4. The molecular formula is C22H17N3O3. The highest BCUT2D eigenvalue weighted by Crippen LogP contribution is 2.42. The molecule has 138 valence electrons. The molecule has 0 spiro atoms. The Balaban J connectivity index is 1.81. The third-order valence-corrected chi connectivity index (χ3v) is 5.34. The van der Waals surface area contributed by atoms with Crippen LogP contribution in [-0.2, 0) is 13.0 Å². The summed E-state index contributed by atoms with van der Waals surface area (Å²) in [6.07, 6.45) is 0.772. The van der Waals surface area contributed by atoms with Gasteiger partial charge >= 0.3 is 0 Å². The minimum atomic E-state index is 0.212. The number of hydrogen-bond donors (Lipinski definition) is 1. The number of benzene rings is 2. The summed E-state index contributed by atoms with van der Waals surface area (Å²) in [5.41, 5.74) is 5.10. The van der Waals surface area contributed by atoms with Crippen molar-refractivity contribution < 1.29 is 14.2 Å². The number of nitriles is 1. The van der Waals surface area contributed by atoms with Gasteiger partial charge in [-0.3, -0.25) is 5.41 Å². The Morgan fingerprint density at radius 2 is 1.86 bits per heavy atom. The van der Waals surface area contributed by atoms with Crippen LogP contribution in [0, 0.1) is 16.7 Å². The predicted molar refractivity (Wildman–Crippen MR) is 102 cm³/mol. The second-order valence-electron chi connectivity index (χ2n) is 6.74. The van der Waals surface area contributed by atoms with E-state index in [1.807, 2.05) is 47.0 Å². The standard InChI is InChI=1S/C22H17N3O3/c1-26-19-5-3-2-4-14(19)16-9-18-15-10-21-20(27-12-28-21)8-13(15)6-7-25(18)22(24)17(16)11-23/h2-5,8-10,24H,6-7,12H2,1H3. The van der Waals surface area contributed by atoms with Crippen LogP contribution in [0.5, 0.6) is 17.2 Å². The van der Waals surface area contributed by atoms with Crippen molar-refractivity contribution in [2.45, 2.75) is 13.0 Å². The van der Waals surface area contributed by atoms with Crippen molar-refractivity contribution in [1.29, 1.82) is 10.7 Å². The molecule has 2 aromatic carbocycles. The molecule has 0 saturated heterocycles. The molecule has 0 atom stereocenters. The van der Waals surface area contributed by atoms with Gasteiger partial charge in [0.25, 0.3) is 0 Å². The summed E-state index contributed by atoms with van der Waals surface area (Å²) >= 11 is 0. The van der Waals surface area contributed by atoms with Crippen LogP contribution in [0.15, 0.2) is 42.5 Å². The molecule has 0 saturated carbocycles. The average Bonchev–Trinajstić information content (AvgIpc) is 3.19. The van der Waals surface area contributed by atoms with E-state index in [1.165, 1.54) is 0 Å². The molecule has 6 heteroatoms. The molecule has 6 nitrogen and oxygen atoms in total. The lowest BCUT2D eigenvalue weighted by atomic mass is 9.92. The van der Waals surface area contributed by atoms with Gasteiger partial charge in [-0.1, -0.05) is 18.2 Å². The molecule has 0 radical (unpaired) electrons. The van der Waals surface area contributed by atoms with Crippen LogP contribution in [0.2, 0.25) is 0 Å². The van der Waals surface area contributed by atoms with Crippen molar-refractivity contribution in [3.8, 4) is 45.7 Å². The second kappa shape index (κ2) is 6.17. The Labute approximate surface area is 161 Å². The first-order valence-corrected chi connectivity index (χ1v) is 9.00. The highest BCUT2D eigenvalue weighted by molar-refractivity contribution is 5.81. The lowest BCUT2D eigenvalue weighted by Gasteiger charge is -2.25. The molecule has 5 rings (SSSR count). The Kier molecular flexibility index (Phi) is 3.63. The van der Waals surface area contributed by atoms with E-state index in [4.69, 9.17) is 19.6 Å². The number of aromatic nitrogens is 1. The fourth-order valence-electron chi connectivity index (χ4n) is 3.98. The lowest BCUT2D eigenvalue weighted by Crippen LogP contribution is -2.28. The van der Waals surface area contributed by atoms with Crippen molar-refractivity contribution in [2.75, 3.05) is 13.9 Å². The molecule has 0 bridgehead atoms. The van der Waals surface area contributed by atoms with Crippen molar-refractivity contribution in [3.63, 3.8) is 0 Å². The van der Waals surface area contributed by atoms with E-state index >= 15 is 0 Å². The number of pyridine rings is 1. The van der Waals surface area contributed by atoms with Gasteiger partial charge in [0, 0.05) is 23.2 Å². The molecule has 3 heterocycles. The van der Waals surface area contributed by atoms with E-state index < -0.39 is 0 Å². The van der Waals surface area contributed by atoms with Gasteiger partial charge in [0.15, 0.2) is 11.5 Å². The smallest absolute Gasteiger partial charge is 0.231 e. The summed E-state index contributed by atoms with van der Waals surface area (Å²) in [6.45, 7) is 0.865. The maximum Gasteiger partial charge on any atom is 0.231 e. The molecule has 1 N–H and O–H groups in total. The van der Waals surface area contributed by atoms with Gasteiger partial charge in [-0.05, 0) is 36.2 Å². The third-order valence-electron chi connectivity index (χ3n) is 5.34. The maximum absolute atomic E-state index is 9.79. The first kappa shape index (κ1) is 16.5. The van der Waals surface area contributed by atoms with E-state index in [0.29, 0.717) is 29.2 Å². The summed E-state index contributed by atoms with van der Waals surface area (Å²) in [5, 5.41) is 18.5. The summed E-state index contributed by atoms with van der Waals surface area (Å²) < 4.78 is 18.5. The average molecular weight is 371 g/mol. The lowest BCUT2D eigenvalue weighted by molar-refractivity contribution is 0.174. The van der Waals surface area contributed by atoms with E-state index in [0.717, 1.165) is 34.6 Å². The summed E-state index contributed by atoms with van der Waals surface area (Å²) in [5.74, 6) is 2.14. The maximum atomic E-state index is 9.79. The molecular weight excluding hydrogens is 354 g/mol. The Morgan fingerprint density at radius 3 is 2.64 bits per heavy atom. The number of para-hydroxylation sites is 1. The number of rotatable bonds is 2. The fourth-order valence-corrected chi connectivity index (χ4v) is 3.98. The quantitative estimate of drug-likeness (QED) is 0.748. The number of fused-ring (bicyclic) bond motifs is 4. The van der Waals surface area contributed by atoms with Gasteiger partial charge in [-0.25, -0.2) is 0 Å². The summed E-state index contributed by atoms with van der Waals surface area (Å²) in [7, 11) is 1.61. The third kappa shape index (κ3) is 2.30. The van der Waals surface area contributed by atoms with Crippen LogP contribution in [0.3, 0.4) is 0 Å². The largest absolute Gasteiger partial charge is 0.496 e. The van der Waals surface area contributed by atoms with Gasteiger partial charge in [0.05, 0.1) is 12.8 Å². The van der Waals surface area contributed by atoms with E-state index in [1.54, 1.807) is 7.11 Å². The van der Waals surface area contributed by atoms with Crippen LogP contribution in [0.1, 0.15) is 11.1 Å². The minimum Gasteiger partial charge on any atom is -0.496 e. The van der Waals surface area contributed by atoms with Gasteiger partial charge in [-0.2, -0.15) is 5.26 Å². The van der Waals surface area contributed by atoms with Gasteiger partial charge < -0.3 is 18.8 Å². The molecule has 0 amide bonds. The van der Waals surface area contributed by atoms with Crippen LogP contribution < -0.4 is 19.7 Å². The monoisotopic (exact) mass is 371 g/mol. The number of ether oxygens (including phenoxy) is 3. The van der Waals surface area contributed by atoms with E-state index in [9.17, 15) is 5.26 Å². The topological polar surface area (TPSA) is 80.3 Å². The molecule has 0 fully saturated rings. The molecule has 2 aliphatic heterocycles. The van der Waals surface area contributed by atoms with E-state index in [-0.39, 0.29) is 12.3 Å². The molecule has 1 aromatic heterocycles. The molecule has 28 heavy (non-hydrogen) atoms. The predicted octanol–water partition coefficient (Wildman–Crippen LogP) is 3.47. The van der Waals surface area contributed by atoms with Crippen LogP contribution in [0.25, 0.3) is 22.4 Å². The molecule has 0 unspecified atom stereocenters. The number of methoxy groups -OCH3 is 1. The first-order valence-electron chi connectivity index (χ1n) is 9.00. The highest BCUT2D eigenvalue weighted by atomic mass is 16.7. The summed E-state index contributed by atoms with van der Waals surface area (Å²) in [6, 6.07) is 15.8. The number of nitrogens with one attached hydrogen (secondary N) is 1. The Hall–Kier alpha value is -3.72. The zero-order chi connectivity index (χ0) is 19.3. The van der Waals surface area contributed by atoms with Gasteiger partial charge in [0.2, 0.25) is 6.79 Å². The Bertz CT molecular complexity index is 1220. The van der Waals surface area contributed by atoms with Crippen LogP contribution in [0.4, 0.5) is 0 Å². The number of aryl methyl sites for hydroxylation is 1. The molecule has 2 aliphatic rings. The Morgan fingerprint density at radius 1 is 1.07 bits per heavy atom. The van der Waals surface area contributed by atoms with Crippen LogP contribution >= 0.6 is 0 Å². The van der Waals surface area contributed by atoms with Gasteiger partial charge in [-0.15, -0.1) is 0 Å². The number of nitrogens with zero attached hydrogens (tertiary/aromatic N) is 2. The van der Waals surface area contributed by atoms with Crippen molar-refractivity contribution in [2.24, 2.45) is 0 Å². The van der Waals surface area contributed by atoms with E-state index in [2.05, 4.69) is 6.07 Å². The zero-order valence-corrected chi connectivity index (χ0v) is 15.3. The number of hydrogen-bond acceptors (Lipinski definition) is 5. The zero-order valence-electron chi connectivity index (χ0n) is 15.3. The molecule has 0 aliphatic carbocycles. The van der Waals surface area contributed by atoms with Crippen molar-refractivity contribution >= 4 is 0 Å².